The van der Waals surface area contributed by atoms with E-state index in [1.54, 1.807) is 11.0 Å². The van der Waals surface area contributed by atoms with E-state index in [-0.39, 0.29) is 29.4 Å². The highest BCUT2D eigenvalue weighted by Crippen LogP contribution is 2.31. The molecule has 10 heteroatoms. The van der Waals surface area contributed by atoms with Crippen LogP contribution in [0.25, 0.3) is 0 Å². The van der Waals surface area contributed by atoms with Crippen LogP contribution in [0.1, 0.15) is 29.8 Å². The van der Waals surface area contributed by atoms with Gasteiger partial charge in [0, 0.05) is 13.1 Å². The third-order valence-electron chi connectivity index (χ3n) is 4.58. The molecule has 0 aliphatic carbocycles. The highest BCUT2D eigenvalue weighted by molar-refractivity contribution is 7.92. The zero-order valence-electron chi connectivity index (χ0n) is 16.3. The second-order valence-corrected chi connectivity index (χ2v) is 8.83. The molecular formula is C20H21F3N2O4S. The maximum absolute atomic E-state index is 13.0. The van der Waals surface area contributed by atoms with Crippen LogP contribution in [0.15, 0.2) is 53.4 Å². The van der Waals surface area contributed by atoms with Gasteiger partial charge in [-0.15, -0.1) is 0 Å². The Balaban J connectivity index is 1.90. The van der Waals surface area contributed by atoms with Crippen LogP contribution < -0.4 is 4.72 Å². The molecule has 2 aromatic rings. The fraction of sp³-hybridized carbons (Fsp3) is 0.350. The lowest BCUT2D eigenvalue weighted by molar-refractivity contribution is -0.137. The van der Waals surface area contributed by atoms with E-state index >= 15 is 0 Å². The van der Waals surface area contributed by atoms with Crippen molar-refractivity contribution in [2.24, 2.45) is 0 Å². The van der Waals surface area contributed by atoms with Gasteiger partial charge >= 0.3 is 6.18 Å². The monoisotopic (exact) mass is 442 g/mol. The van der Waals surface area contributed by atoms with Gasteiger partial charge < -0.3 is 9.64 Å². The summed E-state index contributed by atoms with van der Waals surface area (Å²) >= 11 is 0. The molecule has 1 amide bonds. The average molecular weight is 442 g/mol. The van der Waals surface area contributed by atoms with Crippen molar-refractivity contribution in [3.63, 3.8) is 0 Å². The van der Waals surface area contributed by atoms with E-state index in [1.807, 2.05) is 13.8 Å². The smallest absolute Gasteiger partial charge is 0.372 e. The third kappa shape index (κ3) is 4.93. The SMILES string of the molecule is C[C@@H]1CN(C(=O)c2ccccc2NS(=O)(=O)c2cccc(C(F)(F)F)c2)C[C@H](C)O1. The number of morpholine rings is 1. The minimum absolute atomic E-state index is 0.00768. The van der Waals surface area contributed by atoms with Crippen LogP contribution in [0, 0.1) is 0 Å². The maximum atomic E-state index is 13.0. The Morgan fingerprint density at radius 3 is 2.33 bits per heavy atom. The van der Waals surface area contributed by atoms with Crippen LogP contribution in [0.4, 0.5) is 18.9 Å². The normalized spacial score (nSPS) is 20.1. The first-order valence-electron chi connectivity index (χ1n) is 9.21. The van der Waals surface area contributed by atoms with E-state index in [4.69, 9.17) is 4.74 Å². The van der Waals surface area contributed by atoms with Gasteiger partial charge in [0.05, 0.1) is 33.9 Å². The summed E-state index contributed by atoms with van der Waals surface area (Å²) < 4.78 is 72.1. The lowest BCUT2D eigenvalue weighted by Crippen LogP contribution is -2.48. The molecule has 30 heavy (non-hydrogen) atoms. The average Bonchev–Trinajstić information content (AvgIpc) is 2.66. The number of anilines is 1. The van der Waals surface area contributed by atoms with Crippen LogP contribution in [-0.4, -0.2) is 44.5 Å². The number of carbonyl (C=O) groups excluding carboxylic acids is 1. The van der Waals surface area contributed by atoms with E-state index in [1.165, 1.54) is 18.2 Å². The number of amides is 1. The first-order chi connectivity index (χ1) is 14.0. The fourth-order valence-electron chi connectivity index (χ4n) is 3.32. The zero-order valence-corrected chi connectivity index (χ0v) is 17.1. The standard InChI is InChI=1S/C20H21F3N2O4S/c1-13-11-25(12-14(2)29-13)19(26)17-8-3-4-9-18(17)24-30(27,28)16-7-5-6-15(10-16)20(21,22)23/h3-10,13-14,24H,11-12H2,1-2H3/t13-,14+. The molecule has 0 aromatic heterocycles. The van der Waals surface area contributed by atoms with E-state index in [2.05, 4.69) is 4.72 Å². The van der Waals surface area contributed by atoms with E-state index < -0.39 is 26.7 Å². The van der Waals surface area contributed by atoms with Crippen LogP contribution in [0.2, 0.25) is 0 Å². The Hall–Kier alpha value is -2.59. The van der Waals surface area contributed by atoms with Gasteiger partial charge in [-0.3, -0.25) is 9.52 Å². The molecule has 162 valence electrons. The number of halogens is 3. The largest absolute Gasteiger partial charge is 0.416 e. The van der Waals surface area contributed by atoms with Gasteiger partial charge in [-0.2, -0.15) is 13.2 Å². The second kappa shape index (κ2) is 8.27. The summed E-state index contributed by atoms with van der Waals surface area (Å²) in [6, 6.07) is 9.41. The summed E-state index contributed by atoms with van der Waals surface area (Å²) in [6.07, 6.45) is -5.03. The summed E-state index contributed by atoms with van der Waals surface area (Å²) in [5.74, 6) is -0.389. The Labute approximate surface area is 172 Å². The summed E-state index contributed by atoms with van der Waals surface area (Å²) in [5, 5.41) is 0. The van der Waals surface area contributed by atoms with Gasteiger partial charge in [0.1, 0.15) is 0 Å². The topological polar surface area (TPSA) is 75.7 Å². The molecular weight excluding hydrogens is 421 g/mol. The lowest BCUT2D eigenvalue weighted by atomic mass is 10.1. The molecule has 0 unspecified atom stereocenters. The first-order valence-corrected chi connectivity index (χ1v) is 10.7. The maximum Gasteiger partial charge on any atom is 0.416 e. The summed E-state index contributed by atoms with van der Waals surface area (Å²) in [4.78, 5) is 14.0. The van der Waals surface area contributed by atoms with Crippen molar-refractivity contribution < 1.29 is 31.1 Å². The molecule has 0 saturated carbocycles. The minimum atomic E-state index is -4.68. The van der Waals surface area contributed by atoms with Crippen LogP contribution in [-0.2, 0) is 20.9 Å². The van der Waals surface area contributed by atoms with Crippen LogP contribution >= 0.6 is 0 Å². The number of carbonyl (C=O) groups is 1. The Kier molecular flexibility index (Phi) is 6.09. The highest BCUT2D eigenvalue weighted by Gasteiger charge is 2.32. The Bertz CT molecular complexity index is 1030. The number of hydrogen-bond donors (Lipinski definition) is 1. The molecule has 2 aromatic carbocycles. The van der Waals surface area contributed by atoms with Gasteiger partial charge in [-0.05, 0) is 44.2 Å². The molecule has 0 radical (unpaired) electrons. The molecule has 1 saturated heterocycles. The van der Waals surface area contributed by atoms with E-state index in [0.717, 1.165) is 18.2 Å². The molecule has 1 N–H and O–H groups in total. The van der Waals surface area contributed by atoms with Crippen LogP contribution in [0.3, 0.4) is 0 Å². The minimum Gasteiger partial charge on any atom is -0.372 e. The molecule has 2 atom stereocenters. The first kappa shape index (κ1) is 22.1. The van der Waals surface area contributed by atoms with Gasteiger partial charge in [0.2, 0.25) is 0 Å². The molecule has 3 rings (SSSR count). The number of hydrogen-bond acceptors (Lipinski definition) is 4. The van der Waals surface area contributed by atoms with Crippen molar-refractivity contribution in [1.82, 2.24) is 4.90 Å². The number of rotatable bonds is 4. The Morgan fingerprint density at radius 2 is 1.70 bits per heavy atom. The van der Waals surface area contributed by atoms with Gasteiger partial charge in [0.15, 0.2) is 0 Å². The molecule has 1 aliphatic rings. The number of ether oxygens (including phenoxy) is 1. The lowest BCUT2D eigenvalue weighted by Gasteiger charge is -2.35. The van der Waals surface area contributed by atoms with Crippen molar-refractivity contribution in [1.29, 1.82) is 0 Å². The summed E-state index contributed by atoms with van der Waals surface area (Å²) in [5.41, 5.74) is -0.980. The number of para-hydroxylation sites is 1. The van der Waals surface area contributed by atoms with Gasteiger partial charge in [-0.1, -0.05) is 18.2 Å². The van der Waals surface area contributed by atoms with Crippen molar-refractivity contribution in [2.45, 2.75) is 37.1 Å². The number of sulfonamides is 1. The van der Waals surface area contributed by atoms with Crippen molar-refractivity contribution in [3.05, 3.63) is 59.7 Å². The van der Waals surface area contributed by atoms with Crippen molar-refractivity contribution >= 4 is 21.6 Å². The van der Waals surface area contributed by atoms with Crippen molar-refractivity contribution in [3.8, 4) is 0 Å². The van der Waals surface area contributed by atoms with E-state index in [0.29, 0.717) is 19.2 Å². The fourth-order valence-corrected chi connectivity index (χ4v) is 4.44. The third-order valence-corrected chi connectivity index (χ3v) is 5.94. The summed E-state index contributed by atoms with van der Waals surface area (Å²) in [6.45, 7) is 4.35. The number of nitrogens with zero attached hydrogens (tertiary/aromatic N) is 1. The molecule has 6 nitrogen and oxygen atoms in total. The molecule has 0 spiro atoms. The summed E-state index contributed by atoms with van der Waals surface area (Å²) in [7, 11) is -4.35. The highest BCUT2D eigenvalue weighted by atomic mass is 32.2. The number of nitrogens with one attached hydrogen (secondary N) is 1. The van der Waals surface area contributed by atoms with E-state index in [9.17, 15) is 26.4 Å². The number of alkyl halides is 3. The predicted molar refractivity (Wildman–Crippen MR) is 105 cm³/mol. The molecule has 1 aliphatic heterocycles. The Morgan fingerprint density at radius 1 is 1.07 bits per heavy atom. The predicted octanol–water partition coefficient (Wildman–Crippen LogP) is 3.76. The van der Waals surface area contributed by atoms with Crippen molar-refractivity contribution in [2.75, 3.05) is 17.8 Å². The molecule has 0 bridgehead atoms. The quantitative estimate of drug-likeness (QED) is 0.783. The van der Waals surface area contributed by atoms with Gasteiger partial charge in [0.25, 0.3) is 15.9 Å². The number of benzene rings is 2. The molecule has 1 heterocycles. The second-order valence-electron chi connectivity index (χ2n) is 7.14. The zero-order chi connectivity index (χ0) is 22.1. The van der Waals surface area contributed by atoms with Crippen LogP contribution in [0.5, 0.6) is 0 Å². The van der Waals surface area contributed by atoms with Gasteiger partial charge in [-0.25, -0.2) is 8.42 Å². The molecule has 1 fully saturated rings.